The third-order valence-electron chi connectivity index (χ3n) is 5.76. The number of aromatic amines is 1. The van der Waals surface area contributed by atoms with Gasteiger partial charge in [-0.15, -0.1) is 0 Å². The minimum Gasteiger partial charge on any atom is -0.346 e. The molecule has 1 amide bonds. The number of H-pyrrole nitrogens is 1. The minimum absolute atomic E-state index is 0.0716. The highest BCUT2D eigenvalue weighted by molar-refractivity contribution is 5.91. The van der Waals surface area contributed by atoms with Crippen molar-refractivity contribution in [3.8, 4) is 0 Å². The van der Waals surface area contributed by atoms with E-state index in [1.54, 1.807) is 28.6 Å². The van der Waals surface area contributed by atoms with Gasteiger partial charge in [-0.1, -0.05) is 26.8 Å². The number of carbonyl (C=O) groups excluding carboxylic acids is 1. The maximum absolute atomic E-state index is 12.4. The number of amides is 1. The van der Waals surface area contributed by atoms with Crippen LogP contribution in [-0.4, -0.2) is 36.0 Å². The predicted molar refractivity (Wildman–Crippen MR) is 121 cm³/mol. The van der Waals surface area contributed by atoms with Crippen LogP contribution >= 0.6 is 0 Å². The van der Waals surface area contributed by atoms with E-state index in [0.29, 0.717) is 11.5 Å². The van der Waals surface area contributed by atoms with Crippen LogP contribution in [0.2, 0.25) is 0 Å². The molecule has 8 nitrogen and oxygen atoms in total. The van der Waals surface area contributed by atoms with Gasteiger partial charge in [0.05, 0.1) is 11.2 Å². The van der Waals surface area contributed by atoms with E-state index in [1.165, 1.54) is 0 Å². The highest BCUT2D eigenvalue weighted by Crippen LogP contribution is 2.31. The Morgan fingerprint density at radius 2 is 2.10 bits per heavy atom. The first-order chi connectivity index (χ1) is 14.6. The molecule has 3 aromatic heterocycles. The molecule has 31 heavy (non-hydrogen) atoms. The molecule has 0 spiro atoms. The van der Waals surface area contributed by atoms with Gasteiger partial charge in [0, 0.05) is 32.5 Å². The predicted octanol–water partition coefficient (Wildman–Crippen LogP) is 2.95. The van der Waals surface area contributed by atoms with Crippen molar-refractivity contribution in [3.63, 3.8) is 0 Å². The number of hydrogen-bond acceptors (Lipinski definition) is 4. The number of allylic oxidation sites excluding steroid dienone is 1. The van der Waals surface area contributed by atoms with E-state index in [4.69, 9.17) is 4.98 Å². The monoisotopic (exact) mass is 422 g/mol. The van der Waals surface area contributed by atoms with Gasteiger partial charge < -0.3 is 14.9 Å². The number of nitrogens with one attached hydrogen (secondary N) is 2. The van der Waals surface area contributed by atoms with Crippen LogP contribution in [-0.2, 0) is 20.5 Å². The Balaban J connectivity index is 1.59. The van der Waals surface area contributed by atoms with Crippen molar-refractivity contribution >= 4 is 22.6 Å². The second-order valence-corrected chi connectivity index (χ2v) is 9.63. The molecule has 0 radical (unpaired) electrons. The molecule has 0 aliphatic heterocycles. The van der Waals surface area contributed by atoms with Crippen molar-refractivity contribution in [3.05, 3.63) is 52.1 Å². The number of pyridine rings is 1. The number of aromatic nitrogens is 5. The van der Waals surface area contributed by atoms with Gasteiger partial charge in [0.15, 0.2) is 11.5 Å². The first-order valence-electron chi connectivity index (χ1n) is 10.7. The molecular weight excluding hydrogens is 392 g/mol. The fourth-order valence-corrected chi connectivity index (χ4v) is 4.16. The summed E-state index contributed by atoms with van der Waals surface area (Å²) < 4.78 is 3.29. The van der Waals surface area contributed by atoms with Gasteiger partial charge in [0.1, 0.15) is 0 Å². The summed E-state index contributed by atoms with van der Waals surface area (Å²) in [5.74, 6) is 0.269. The summed E-state index contributed by atoms with van der Waals surface area (Å²) in [6.45, 7) is 6.57. The number of imidazole rings is 2. The van der Waals surface area contributed by atoms with E-state index in [-0.39, 0.29) is 23.1 Å². The van der Waals surface area contributed by atoms with Crippen molar-refractivity contribution in [1.82, 2.24) is 29.4 Å². The van der Waals surface area contributed by atoms with Gasteiger partial charge in [0.2, 0.25) is 0 Å². The van der Waals surface area contributed by atoms with Crippen LogP contribution in [0, 0.1) is 5.41 Å². The van der Waals surface area contributed by atoms with E-state index in [1.807, 2.05) is 7.05 Å². The second-order valence-electron chi connectivity index (χ2n) is 9.63. The zero-order valence-electron chi connectivity index (χ0n) is 18.8. The van der Waals surface area contributed by atoms with E-state index in [0.717, 1.165) is 48.0 Å². The Morgan fingerprint density at radius 1 is 1.32 bits per heavy atom. The van der Waals surface area contributed by atoms with Crippen LogP contribution in [0.25, 0.3) is 16.7 Å². The molecule has 0 bridgehead atoms. The fraction of sp³-hybridized carbons (Fsp3) is 0.478. The van der Waals surface area contributed by atoms with Crippen LogP contribution in [0.4, 0.5) is 0 Å². The maximum Gasteiger partial charge on any atom is 0.327 e. The Bertz CT molecular complexity index is 1220. The number of aryl methyl sites for hydroxylation is 2. The molecule has 0 aromatic carbocycles. The first-order valence-corrected chi connectivity index (χ1v) is 10.7. The lowest BCUT2D eigenvalue weighted by Gasteiger charge is -2.24. The lowest BCUT2D eigenvalue weighted by Crippen LogP contribution is -2.37. The molecule has 3 heterocycles. The number of rotatable bonds is 4. The summed E-state index contributed by atoms with van der Waals surface area (Å²) in [6, 6.07) is 2.18. The molecule has 4 rings (SSSR count). The van der Waals surface area contributed by atoms with Crippen molar-refractivity contribution in [2.24, 2.45) is 19.5 Å². The van der Waals surface area contributed by atoms with Gasteiger partial charge in [0.25, 0.3) is 5.91 Å². The maximum atomic E-state index is 12.4. The van der Waals surface area contributed by atoms with Gasteiger partial charge >= 0.3 is 5.69 Å². The second kappa shape index (κ2) is 7.83. The average molecular weight is 423 g/mol. The molecule has 2 N–H and O–H groups in total. The molecule has 8 heteroatoms. The average Bonchev–Trinajstić information content (AvgIpc) is 3.25. The number of hydrogen-bond donors (Lipinski definition) is 2. The molecule has 164 valence electrons. The molecule has 3 aromatic rings. The standard InChI is InChI=1S/C23H30N6O2/c1-23(2,3)13-15-12-17(26-19-18(15)27-22(31)29(19)5)14-6-8-16(9-7-14)25-21(30)20-24-10-11-28(20)4/h6,10-12,16H,7-9,13H2,1-5H3,(H,25,30)(H,27,31). The Morgan fingerprint density at radius 3 is 2.71 bits per heavy atom. The Hall–Kier alpha value is -3.16. The zero-order chi connectivity index (χ0) is 22.3. The van der Waals surface area contributed by atoms with Crippen molar-refractivity contribution in [2.75, 3.05) is 0 Å². The molecule has 1 aliphatic carbocycles. The summed E-state index contributed by atoms with van der Waals surface area (Å²) in [4.78, 5) is 36.6. The van der Waals surface area contributed by atoms with Crippen LogP contribution in [0.15, 0.2) is 29.3 Å². The zero-order valence-corrected chi connectivity index (χ0v) is 18.8. The highest BCUT2D eigenvalue weighted by Gasteiger charge is 2.23. The van der Waals surface area contributed by atoms with Crippen LogP contribution < -0.4 is 11.0 Å². The van der Waals surface area contributed by atoms with Gasteiger partial charge in [-0.2, -0.15) is 0 Å². The molecule has 0 saturated carbocycles. The summed E-state index contributed by atoms with van der Waals surface area (Å²) in [5, 5.41) is 3.08. The smallest absolute Gasteiger partial charge is 0.327 e. The summed E-state index contributed by atoms with van der Waals surface area (Å²) >= 11 is 0. The highest BCUT2D eigenvalue weighted by atomic mass is 16.2. The van der Waals surface area contributed by atoms with Crippen molar-refractivity contribution < 1.29 is 4.79 Å². The minimum atomic E-state index is -0.149. The lowest BCUT2D eigenvalue weighted by atomic mass is 9.86. The summed E-state index contributed by atoms with van der Waals surface area (Å²) in [6.07, 6.45) is 8.78. The quantitative estimate of drug-likeness (QED) is 0.675. The van der Waals surface area contributed by atoms with Crippen LogP contribution in [0.3, 0.4) is 0 Å². The van der Waals surface area contributed by atoms with E-state index < -0.39 is 0 Å². The Kier molecular flexibility index (Phi) is 5.33. The number of nitrogens with zero attached hydrogens (tertiary/aromatic N) is 4. The van der Waals surface area contributed by atoms with Gasteiger partial charge in [-0.25, -0.2) is 14.8 Å². The fourth-order valence-electron chi connectivity index (χ4n) is 4.16. The van der Waals surface area contributed by atoms with Crippen LogP contribution in [0.5, 0.6) is 0 Å². The topological polar surface area (TPSA) is 97.6 Å². The summed E-state index contributed by atoms with van der Waals surface area (Å²) in [7, 11) is 3.56. The third-order valence-corrected chi connectivity index (χ3v) is 5.76. The molecule has 0 fully saturated rings. The molecule has 1 unspecified atom stereocenters. The SMILES string of the molecule is Cn1ccnc1C(=O)NC1CC=C(c2cc(CC(C)(C)C)c3[nH]c(=O)n(C)c3n2)CC1. The van der Waals surface area contributed by atoms with Crippen LogP contribution in [0.1, 0.15) is 61.9 Å². The van der Waals surface area contributed by atoms with Crippen molar-refractivity contribution in [2.45, 2.75) is 52.5 Å². The first kappa shape index (κ1) is 21.1. The molecule has 1 aliphatic rings. The van der Waals surface area contributed by atoms with E-state index in [2.05, 4.69) is 48.2 Å². The molecule has 0 saturated heterocycles. The largest absolute Gasteiger partial charge is 0.346 e. The van der Waals surface area contributed by atoms with E-state index >= 15 is 0 Å². The normalized spacial score (nSPS) is 17.1. The number of fused-ring (bicyclic) bond motifs is 1. The van der Waals surface area contributed by atoms with E-state index in [9.17, 15) is 9.59 Å². The van der Waals surface area contributed by atoms with Gasteiger partial charge in [-0.3, -0.25) is 9.36 Å². The third kappa shape index (κ3) is 4.33. The van der Waals surface area contributed by atoms with Gasteiger partial charge in [-0.05, 0) is 48.3 Å². The number of carbonyl (C=O) groups is 1. The lowest BCUT2D eigenvalue weighted by molar-refractivity contribution is 0.0921. The molecule has 1 atom stereocenters. The molecular formula is C23H30N6O2. The Labute approximate surface area is 181 Å². The van der Waals surface area contributed by atoms with Crippen molar-refractivity contribution in [1.29, 1.82) is 0 Å². The summed E-state index contributed by atoms with van der Waals surface area (Å²) in [5.41, 5.74) is 4.62.